The number of nitrogens with zero attached hydrogens (tertiary/aromatic N) is 2. The van der Waals surface area contributed by atoms with E-state index in [0.29, 0.717) is 39.9 Å². The summed E-state index contributed by atoms with van der Waals surface area (Å²) >= 11 is 3.58. The Balaban J connectivity index is 1.69. The first-order valence-corrected chi connectivity index (χ1v) is 13.7. The van der Waals surface area contributed by atoms with Crippen molar-refractivity contribution in [3.63, 3.8) is 0 Å². The van der Waals surface area contributed by atoms with E-state index in [-0.39, 0.29) is 5.41 Å². The molecule has 0 aliphatic heterocycles. The zero-order chi connectivity index (χ0) is 28.4. The number of aromatic nitrogens is 2. The topological polar surface area (TPSA) is 53.5 Å². The number of hydrogen-bond donors (Lipinski definition) is 0. The monoisotopic (exact) mass is 600 g/mol. The van der Waals surface area contributed by atoms with Crippen LogP contribution in [0.15, 0.2) is 83.6 Å². The Morgan fingerprint density at radius 1 is 0.875 bits per heavy atom. The van der Waals surface area contributed by atoms with E-state index in [1.54, 1.807) is 12.3 Å². The number of aryl methyl sites for hydroxylation is 1. The molecule has 204 valence electrons. The van der Waals surface area contributed by atoms with Crippen LogP contribution in [-0.4, -0.2) is 17.1 Å². The molecular weight excluding hydrogens is 571 g/mol. The number of pyridine rings is 2. The maximum absolute atomic E-state index is 14.0. The molecule has 5 aromatic rings. The second-order valence-electron chi connectivity index (χ2n) is 10.6. The van der Waals surface area contributed by atoms with Gasteiger partial charge < -0.3 is 14.2 Å². The molecule has 0 atom stereocenters. The van der Waals surface area contributed by atoms with E-state index < -0.39 is 5.82 Å². The Hall–Kier alpha value is -3.97. The minimum Gasteiger partial charge on any atom is -0.493 e. The van der Waals surface area contributed by atoms with Crippen LogP contribution in [0.2, 0.25) is 0 Å². The maximum Gasteiger partial charge on any atom is 0.169 e. The number of methoxy groups -OCH3 is 1. The first-order chi connectivity index (χ1) is 19.1. The van der Waals surface area contributed by atoms with Gasteiger partial charge >= 0.3 is 0 Å². The highest BCUT2D eigenvalue weighted by molar-refractivity contribution is 9.10. The van der Waals surface area contributed by atoms with Crippen LogP contribution in [0.4, 0.5) is 4.39 Å². The molecule has 40 heavy (non-hydrogen) atoms. The van der Waals surface area contributed by atoms with E-state index in [9.17, 15) is 4.39 Å². The molecule has 5 nitrogen and oxygen atoms in total. The molecule has 0 aliphatic carbocycles. The molecular formula is C33H30BrFN2O3. The average molecular weight is 602 g/mol. The van der Waals surface area contributed by atoms with Gasteiger partial charge in [0.15, 0.2) is 11.5 Å². The number of rotatable bonds is 7. The summed E-state index contributed by atoms with van der Waals surface area (Å²) in [5.41, 5.74) is 5.21. The summed E-state index contributed by atoms with van der Waals surface area (Å²) in [4.78, 5) is 9.42. The molecule has 2 aromatic heterocycles. The van der Waals surface area contributed by atoms with Gasteiger partial charge in [-0.05, 0) is 69.2 Å². The van der Waals surface area contributed by atoms with E-state index in [2.05, 4.69) is 47.8 Å². The predicted octanol–water partition coefficient (Wildman–Crippen LogP) is 9.18. The largest absolute Gasteiger partial charge is 0.493 e. The van der Waals surface area contributed by atoms with E-state index in [1.807, 2.05) is 55.5 Å². The lowest BCUT2D eigenvalue weighted by atomic mass is 9.84. The smallest absolute Gasteiger partial charge is 0.169 e. The fourth-order valence-corrected chi connectivity index (χ4v) is 5.04. The van der Waals surface area contributed by atoms with Gasteiger partial charge in [0.2, 0.25) is 0 Å². The predicted molar refractivity (Wildman–Crippen MR) is 160 cm³/mol. The first-order valence-electron chi connectivity index (χ1n) is 12.9. The van der Waals surface area contributed by atoms with Crippen LogP contribution in [-0.2, 0) is 12.0 Å². The molecule has 0 saturated carbocycles. The van der Waals surface area contributed by atoms with Crippen molar-refractivity contribution >= 4 is 26.8 Å². The summed E-state index contributed by atoms with van der Waals surface area (Å²) in [6.45, 7) is 8.88. The van der Waals surface area contributed by atoms with Crippen LogP contribution in [0, 0.1) is 12.7 Å². The highest BCUT2D eigenvalue weighted by Gasteiger charge is 2.23. The van der Waals surface area contributed by atoms with Crippen LogP contribution in [0.25, 0.3) is 22.2 Å². The van der Waals surface area contributed by atoms with Gasteiger partial charge in [0.05, 0.1) is 23.7 Å². The number of ether oxygens (including phenoxy) is 3. The van der Waals surface area contributed by atoms with Crippen LogP contribution < -0.4 is 14.2 Å². The van der Waals surface area contributed by atoms with E-state index >= 15 is 0 Å². The summed E-state index contributed by atoms with van der Waals surface area (Å²) in [6, 6.07) is 22.2. The normalized spacial score (nSPS) is 11.5. The second kappa shape index (κ2) is 11.3. The summed E-state index contributed by atoms with van der Waals surface area (Å²) in [5.74, 6) is 1.54. The highest BCUT2D eigenvalue weighted by atomic mass is 79.9. The van der Waals surface area contributed by atoms with Crippen molar-refractivity contribution in [2.45, 2.75) is 39.7 Å². The van der Waals surface area contributed by atoms with Crippen molar-refractivity contribution in [3.8, 4) is 34.3 Å². The lowest BCUT2D eigenvalue weighted by Crippen LogP contribution is -2.12. The molecule has 0 bridgehead atoms. The number of halogens is 2. The van der Waals surface area contributed by atoms with E-state index in [1.165, 1.54) is 19.2 Å². The Labute approximate surface area is 242 Å². The van der Waals surface area contributed by atoms with Crippen molar-refractivity contribution in [2.24, 2.45) is 0 Å². The van der Waals surface area contributed by atoms with Crippen molar-refractivity contribution in [2.75, 3.05) is 7.11 Å². The Morgan fingerprint density at radius 3 is 2.38 bits per heavy atom. The summed E-state index contributed by atoms with van der Waals surface area (Å²) < 4.78 is 32.9. The summed E-state index contributed by atoms with van der Waals surface area (Å²) in [5, 5.41) is 0.786. The molecule has 5 rings (SSSR count). The van der Waals surface area contributed by atoms with Gasteiger partial charge in [-0.2, -0.15) is 0 Å². The van der Waals surface area contributed by atoms with Crippen LogP contribution in [0.5, 0.6) is 23.0 Å². The number of fused-ring (bicyclic) bond motifs is 1. The van der Waals surface area contributed by atoms with Crippen molar-refractivity contribution < 1.29 is 18.6 Å². The molecule has 2 heterocycles. The minimum absolute atomic E-state index is 0.133. The molecule has 0 aliphatic rings. The summed E-state index contributed by atoms with van der Waals surface area (Å²) in [7, 11) is 1.49. The van der Waals surface area contributed by atoms with Gasteiger partial charge in [-0.1, -0.05) is 57.2 Å². The second-order valence-corrected chi connectivity index (χ2v) is 11.3. The minimum atomic E-state index is -0.403. The van der Waals surface area contributed by atoms with Crippen molar-refractivity contribution in [1.29, 1.82) is 0 Å². The van der Waals surface area contributed by atoms with Gasteiger partial charge in [-0.25, -0.2) is 14.4 Å². The SMILES string of the molecule is COc1cc(F)ccc1Oc1cc(C(C)(C)C)cc(C)c1-c1cc(OCc2ccccc2)c2c(Br)nccc2n1. The highest BCUT2D eigenvalue weighted by Crippen LogP contribution is 2.43. The van der Waals surface area contributed by atoms with Crippen LogP contribution in [0.3, 0.4) is 0 Å². The average Bonchev–Trinajstić information content (AvgIpc) is 2.92. The third kappa shape index (κ3) is 5.80. The van der Waals surface area contributed by atoms with Gasteiger partial charge in [-0.15, -0.1) is 0 Å². The molecule has 0 saturated heterocycles. The molecule has 0 fully saturated rings. The van der Waals surface area contributed by atoms with Gasteiger partial charge in [0.1, 0.15) is 28.5 Å². The third-order valence-electron chi connectivity index (χ3n) is 6.64. The molecule has 0 N–H and O–H groups in total. The Kier molecular flexibility index (Phi) is 7.76. The van der Waals surface area contributed by atoms with Gasteiger partial charge in [-0.3, -0.25) is 0 Å². The van der Waals surface area contributed by atoms with Crippen LogP contribution in [0.1, 0.15) is 37.5 Å². The quantitative estimate of drug-likeness (QED) is 0.174. The standard InChI is InChI=1S/C33H30BrFN2O3/c1-20-15-22(33(2,3)4)16-29(40-26-12-11-23(35)17-27(26)38-5)30(20)25-18-28(39-19-21-9-7-6-8-10-21)31-24(37-25)13-14-36-32(31)34/h6-18H,19H2,1-5H3. The lowest BCUT2D eigenvalue weighted by molar-refractivity contribution is 0.310. The van der Waals surface area contributed by atoms with E-state index in [4.69, 9.17) is 19.2 Å². The lowest BCUT2D eigenvalue weighted by Gasteiger charge is -2.24. The molecule has 0 spiro atoms. The molecule has 0 radical (unpaired) electrons. The van der Waals surface area contributed by atoms with Crippen molar-refractivity contribution in [1.82, 2.24) is 9.97 Å². The van der Waals surface area contributed by atoms with E-state index in [0.717, 1.165) is 33.2 Å². The van der Waals surface area contributed by atoms with Crippen molar-refractivity contribution in [3.05, 3.63) is 106 Å². The fourth-order valence-electron chi connectivity index (χ4n) is 4.52. The first kappa shape index (κ1) is 27.6. The van der Waals surface area contributed by atoms with Crippen LogP contribution >= 0.6 is 15.9 Å². The van der Waals surface area contributed by atoms with Gasteiger partial charge in [0.25, 0.3) is 0 Å². The molecule has 0 amide bonds. The Morgan fingerprint density at radius 2 is 1.65 bits per heavy atom. The summed E-state index contributed by atoms with van der Waals surface area (Å²) in [6.07, 6.45) is 1.71. The molecule has 0 unspecified atom stereocenters. The zero-order valence-electron chi connectivity index (χ0n) is 23.1. The number of benzene rings is 3. The maximum atomic E-state index is 14.0. The van der Waals surface area contributed by atoms with Gasteiger partial charge in [0, 0.05) is 23.9 Å². The molecule has 7 heteroatoms. The molecule has 3 aromatic carbocycles. The zero-order valence-corrected chi connectivity index (χ0v) is 24.7. The number of hydrogen-bond acceptors (Lipinski definition) is 5. The fraction of sp³-hybridized carbons (Fsp3) is 0.212. The third-order valence-corrected chi connectivity index (χ3v) is 7.24. The Bertz CT molecular complexity index is 1680.